The van der Waals surface area contributed by atoms with Crippen molar-refractivity contribution in [2.45, 2.75) is 0 Å². The summed E-state index contributed by atoms with van der Waals surface area (Å²) in [6, 6.07) is 0.780. The van der Waals surface area contributed by atoms with Crippen LogP contribution in [0.4, 0.5) is 0 Å². The molecule has 0 saturated carbocycles. The quantitative estimate of drug-likeness (QED) is 0.592. The van der Waals surface area contributed by atoms with Crippen molar-refractivity contribution in [3.05, 3.63) is 24.1 Å². The lowest BCUT2D eigenvalue weighted by atomic mass is 10.5. The Bertz CT molecular complexity index is 246. The van der Waals surface area contributed by atoms with E-state index in [-0.39, 0.29) is 11.8 Å². The smallest absolute Gasteiger partial charge is 0.371 e. The van der Waals surface area contributed by atoms with Crippen molar-refractivity contribution in [1.29, 1.82) is 0 Å². The second-order valence-electron chi connectivity index (χ2n) is 1.16. The Balaban J connectivity index is 3.10. The molecule has 0 bridgehead atoms. The topological polar surface area (TPSA) is 50.4 Å². The highest BCUT2D eigenvalue weighted by Gasteiger charge is 2.01. The van der Waals surface area contributed by atoms with Crippen LogP contribution < -0.4 is 0 Å². The van der Waals surface area contributed by atoms with E-state index in [1.54, 1.807) is 0 Å². The van der Waals surface area contributed by atoms with Gasteiger partial charge in [-0.2, -0.15) is 0 Å². The van der Waals surface area contributed by atoms with Crippen LogP contribution in [-0.2, 0) is 0 Å². The summed E-state index contributed by atoms with van der Waals surface area (Å²) in [6.45, 7) is 0. The zero-order valence-electron chi connectivity index (χ0n) is 5.84. The molecular weight excluding hydrogens is 108 g/mol. The van der Waals surface area contributed by atoms with Crippen LogP contribution in [0.1, 0.15) is 13.3 Å². The molecule has 0 aromatic carbocycles. The Morgan fingerprint density at radius 2 is 2.75 bits per heavy atom. The summed E-state index contributed by atoms with van der Waals surface area (Å²) in [5, 5.41) is 8.26. The molecule has 0 saturated heterocycles. The molecular formula is C5H4O3. The van der Waals surface area contributed by atoms with E-state index in [9.17, 15) is 4.79 Å². The highest BCUT2D eigenvalue weighted by Crippen LogP contribution is 1.97. The summed E-state index contributed by atoms with van der Waals surface area (Å²) in [5.41, 5.74) is 0. The molecule has 0 atom stereocenters. The summed E-state index contributed by atoms with van der Waals surface area (Å²) in [5.74, 6) is -1.62. The molecule has 0 aliphatic rings. The van der Waals surface area contributed by atoms with E-state index in [2.05, 4.69) is 4.42 Å². The van der Waals surface area contributed by atoms with Crippen LogP contribution in [0.2, 0.25) is 0 Å². The van der Waals surface area contributed by atoms with Crippen molar-refractivity contribution in [3.8, 4) is 0 Å². The van der Waals surface area contributed by atoms with Gasteiger partial charge in [0, 0.05) is 0 Å². The number of aromatic carboxylic acids is 1. The number of rotatable bonds is 1. The second kappa shape index (κ2) is 1.69. The summed E-state index contributed by atoms with van der Waals surface area (Å²) in [4.78, 5) is 10.1. The third-order valence-corrected chi connectivity index (χ3v) is 0.634. The van der Waals surface area contributed by atoms with Gasteiger partial charge in [-0.25, -0.2) is 4.79 Å². The first-order valence-electron chi connectivity index (χ1n) is 2.91. The monoisotopic (exact) mass is 114 g/mol. The molecule has 0 spiro atoms. The molecule has 0 aliphatic heterocycles. The van der Waals surface area contributed by atoms with Crippen molar-refractivity contribution in [3.63, 3.8) is 0 Å². The van der Waals surface area contributed by atoms with Gasteiger partial charge in [0.05, 0.1) is 7.61 Å². The third kappa shape index (κ3) is 0.703. The minimum Gasteiger partial charge on any atom is -0.475 e. The minimum atomic E-state index is -1.26. The predicted molar refractivity (Wildman–Crippen MR) is 25.7 cm³/mol. The van der Waals surface area contributed by atoms with Crippen LogP contribution >= 0.6 is 0 Å². The molecule has 3 heteroatoms. The van der Waals surface area contributed by atoms with E-state index < -0.39 is 12.2 Å². The first-order chi connectivity index (χ1) is 4.61. The van der Waals surface area contributed by atoms with Crippen molar-refractivity contribution >= 4 is 5.97 Å². The number of hydrogen-bond acceptors (Lipinski definition) is 2. The molecule has 1 N–H and O–H groups in total. The molecule has 42 valence electrons. The molecule has 0 amide bonds. The summed E-state index contributed by atoms with van der Waals surface area (Å²) in [7, 11) is 0. The normalized spacial score (nSPS) is 12.5. The standard InChI is InChI=1S/C5H4O3/c6-5(7)4-2-1-3-8-4/h1-3H,(H,6,7)/i1D,3D. The number of carbonyl (C=O) groups is 1. The number of furan rings is 1. The van der Waals surface area contributed by atoms with E-state index in [1.807, 2.05) is 0 Å². The summed E-state index contributed by atoms with van der Waals surface area (Å²) in [6.07, 6.45) is -0.419. The molecule has 0 aliphatic carbocycles. The maximum absolute atomic E-state index is 10.1. The Labute approximate surface area is 48.4 Å². The second-order valence-corrected chi connectivity index (χ2v) is 1.16. The SMILES string of the molecule is [2H]c1cc(C(=O)O)oc1[2H]. The molecule has 1 rings (SSSR count). The van der Waals surface area contributed by atoms with Crippen molar-refractivity contribution in [2.75, 3.05) is 0 Å². The average Bonchev–Trinajstić information content (AvgIpc) is 2.13. The molecule has 0 unspecified atom stereocenters. The lowest BCUT2D eigenvalue weighted by molar-refractivity contribution is 0.0662. The van der Waals surface area contributed by atoms with E-state index in [0.717, 1.165) is 6.07 Å². The van der Waals surface area contributed by atoms with Crippen LogP contribution in [-0.4, -0.2) is 11.1 Å². The fourth-order valence-corrected chi connectivity index (χ4v) is 0.314. The number of carboxylic acids is 1. The van der Waals surface area contributed by atoms with Gasteiger partial charge in [-0.05, 0) is 12.1 Å². The fourth-order valence-electron chi connectivity index (χ4n) is 0.314. The van der Waals surface area contributed by atoms with Gasteiger partial charge in [0.2, 0.25) is 5.76 Å². The van der Waals surface area contributed by atoms with Crippen molar-refractivity contribution in [1.82, 2.24) is 0 Å². The van der Waals surface area contributed by atoms with Gasteiger partial charge in [0.15, 0.2) is 0 Å². The van der Waals surface area contributed by atoms with Gasteiger partial charge in [-0.1, -0.05) is 0 Å². The zero-order valence-corrected chi connectivity index (χ0v) is 3.84. The Morgan fingerprint density at radius 1 is 2.00 bits per heavy atom. The molecule has 0 radical (unpaired) electrons. The highest BCUT2D eigenvalue weighted by atomic mass is 16.4. The Hall–Kier alpha value is -1.25. The van der Waals surface area contributed by atoms with Crippen LogP contribution in [0, 0.1) is 0 Å². The average molecular weight is 114 g/mol. The van der Waals surface area contributed by atoms with Gasteiger partial charge in [-0.3, -0.25) is 0 Å². The van der Waals surface area contributed by atoms with Gasteiger partial charge in [-0.15, -0.1) is 0 Å². The Kier molecular flexibility index (Phi) is 0.617. The molecule has 1 heterocycles. The molecule has 1 aromatic heterocycles. The first kappa shape index (κ1) is 2.91. The van der Waals surface area contributed by atoms with Gasteiger partial charge < -0.3 is 9.52 Å². The molecule has 0 fully saturated rings. The van der Waals surface area contributed by atoms with E-state index in [4.69, 9.17) is 7.85 Å². The van der Waals surface area contributed by atoms with Crippen LogP contribution in [0.25, 0.3) is 0 Å². The maximum atomic E-state index is 10.1. The summed E-state index contributed by atoms with van der Waals surface area (Å²) >= 11 is 0. The Morgan fingerprint density at radius 3 is 3.00 bits per heavy atom. The van der Waals surface area contributed by atoms with Gasteiger partial charge in [0.1, 0.15) is 1.37 Å². The van der Waals surface area contributed by atoms with Gasteiger partial charge >= 0.3 is 5.97 Å². The molecule has 1 aromatic rings. The highest BCUT2D eigenvalue weighted by molar-refractivity contribution is 5.84. The maximum Gasteiger partial charge on any atom is 0.371 e. The number of carboxylic acid groups (broad SMARTS) is 1. The van der Waals surface area contributed by atoms with Crippen LogP contribution in [0.5, 0.6) is 0 Å². The first-order valence-corrected chi connectivity index (χ1v) is 1.91. The van der Waals surface area contributed by atoms with Crippen LogP contribution in [0.3, 0.4) is 0 Å². The third-order valence-electron chi connectivity index (χ3n) is 0.634. The molecule has 3 nitrogen and oxygen atoms in total. The van der Waals surface area contributed by atoms with Crippen molar-refractivity contribution in [2.24, 2.45) is 0 Å². The van der Waals surface area contributed by atoms with E-state index >= 15 is 0 Å². The van der Waals surface area contributed by atoms with E-state index in [0.29, 0.717) is 0 Å². The molecule has 8 heavy (non-hydrogen) atoms. The van der Waals surface area contributed by atoms with E-state index in [1.165, 1.54) is 0 Å². The van der Waals surface area contributed by atoms with Crippen molar-refractivity contribution < 1.29 is 17.1 Å². The minimum absolute atomic E-state index is 0.211. The fraction of sp³-hybridized carbons (Fsp3) is 0. The lowest BCUT2D eigenvalue weighted by Gasteiger charge is -1.79. The largest absolute Gasteiger partial charge is 0.475 e. The van der Waals surface area contributed by atoms with Gasteiger partial charge in [0.25, 0.3) is 0 Å². The van der Waals surface area contributed by atoms with Crippen LogP contribution in [0.15, 0.2) is 22.8 Å². The lowest BCUT2D eigenvalue weighted by Crippen LogP contribution is -1.90. The summed E-state index contributed by atoms with van der Waals surface area (Å²) < 4.78 is 18.1. The zero-order chi connectivity index (χ0) is 7.72. The predicted octanol–water partition coefficient (Wildman–Crippen LogP) is 0.978. The number of hydrogen-bond donors (Lipinski definition) is 1.